The Morgan fingerprint density at radius 3 is 3.00 bits per heavy atom. The smallest absolute Gasteiger partial charge is 0.233 e. The summed E-state index contributed by atoms with van der Waals surface area (Å²) in [4.78, 5) is 17.6. The van der Waals surface area contributed by atoms with Crippen molar-refractivity contribution in [1.29, 1.82) is 0 Å². The van der Waals surface area contributed by atoms with Crippen LogP contribution in [0.2, 0.25) is 0 Å². The molecule has 1 amide bonds. The molecular formula is C18H17FN2OS2. The molecule has 124 valence electrons. The van der Waals surface area contributed by atoms with Crippen LogP contribution in [0.25, 0.3) is 10.9 Å². The number of carbonyl (C=O) groups is 1. The van der Waals surface area contributed by atoms with Gasteiger partial charge >= 0.3 is 0 Å². The van der Waals surface area contributed by atoms with E-state index in [0.29, 0.717) is 23.2 Å². The van der Waals surface area contributed by atoms with Crippen LogP contribution in [0.1, 0.15) is 17.4 Å². The summed E-state index contributed by atoms with van der Waals surface area (Å²) in [7, 11) is 0. The fourth-order valence-corrected chi connectivity index (χ4v) is 3.88. The summed E-state index contributed by atoms with van der Waals surface area (Å²) in [5.41, 5.74) is 1.60. The van der Waals surface area contributed by atoms with E-state index >= 15 is 0 Å². The number of thioether (sulfide) groups is 1. The second-order valence-electron chi connectivity index (χ2n) is 5.36. The van der Waals surface area contributed by atoms with Gasteiger partial charge in [-0.05, 0) is 42.1 Å². The molecule has 0 saturated carbocycles. The molecule has 1 aromatic carbocycles. The number of aromatic nitrogens is 1. The molecule has 1 N–H and O–H groups in total. The van der Waals surface area contributed by atoms with Gasteiger partial charge in [-0.15, -0.1) is 23.1 Å². The first-order chi connectivity index (χ1) is 11.6. The van der Waals surface area contributed by atoms with Crippen LogP contribution in [0.15, 0.2) is 48.0 Å². The van der Waals surface area contributed by atoms with Crippen LogP contribution in [0.5, 0.6) is 0 Å². The average molecular weight is 360 g/mol. The number of halogens is 1. The molecule has 0 radical (unpaired) electrons. The molecule has 0 aliphatic carbocycles. The molecule has 0 aliphatic rings. The summed E-state index contributed by atoms with van der Waals surface area (Å²) in [6.45, 7) is 2.44. The second kappa shape index (κ2) is 7.77. The number of thiophene rings is 1. The summed E-state index contributed by atoms with van der Waals surface area (Å²) in [6, 6.07) is 10.6. The zero-order valence-corrected chi connectivity index (χ0v) is 14.8. The summed E-state index contributed by atoms with van der Waals surface area (Å²) in [6.07, 6.45) is 1.66. The first-order valence-corrected chi connectivity index (χ1v) is 9.52. The van der Waals surface area contributed by atoms with E-state index in [0.717, 1.165) is 10.4 Å². The molecule has 0 aliphatic heterocycles. The van der Waals surface area contributed by atoms with Crippen molar-refractivity contribution in [2.45, 2.75) is 24.5 Å². The molecule has 2 aromatic heterocycles. The Bertz CT molecular complexity index is 836. The number of hydrogen-bond acceptors (Lipinski definition) is 4. The molecule has 6 heteroatoms. The van der Waals surface area contributed by atoms with Gasteiger partial charge in [0.25, 0.3) is 0 Å². The van der Waals surface area contributed by atoms with Gasteiger partial charge in [0.15, 0.2) is 0 Å². The van der Waals surface area contributed by atoms with Crippen LogP contribution >= 0.6 is 23.1 Å². The molecule has 1 atom stereocenters. The lowest BCUT2D eigenvalue weighted by Crippen LogP contribution is -2.30. The number of fused-ring (bicyclic) bond motifs is 1. The van der Waals surface area contributed by atoms with Gasteiger partial charge in [0.05, 0.1) is 17.3 Å². The number of pyridine rings is 1. The monoisotopic (exact) mass is 360 g/mol. The van der Waals surface area contributed by atoms with Crippen LogP contribution in [-0.4, -0.2) is 16.1 Å². The van der Waals surface area contributed by atoms with Gasteiger partial charge in [0, 0.05) is 22.2 Å². The molecular weight excluding hydrogens is 343 g/mol. The molecule has 0 fully saturated rings. The number of carbonyl (C=O) groups excluding carboxylic acids is 1. The normalized spacial score (nSPS) is 12.2. The fraction of sp³-hybridized carbons (Fsp3) is 0.222. The highest BCUT2D eigenvalue weighted by atomic mass is 32.2. The maximum Gasteiger partial charge on any atom is 0.233 e. The zero-order valence-electron chi connectivity index (χ0n) is 13.2. The van der Waals surface area contributed by atoms with Crippen molar-refractivity contribution in [3.05, 3.63) is 64.2 Å². The molecule has 2 heterocycles. The number of benzene rings is 1. The van der Waals surface area contributed by atoms with Crippen molar-refractivity contribution in [3.8, 4) is 0 Å². The van der Waals surface area contributed by atoms with Crippen molar-refractivity contribution < 1.29 is 9.18 Å². The van der Waals surface area contributed by atoms with E-state index in [-0.39, 0.29) is 17.0 Å². The van der Waals surface area contributed by atoms with Gasteiger partial charge in [0.2, 0.25) is 5.91 Å². The van der Waals surface area contributed by atoms with Crippen LogP contribution in [0.4, 0.5) is 4.39 Å². The van der Waals surface area contributed by atoms with Gasteiger partial charge in [0.1, 0.15) is 5.82 Å². The van der Waals surface area contributed by atoms with Crippen molar-refractivity contribution in [2.75, 3.05) is 0 Å². The standard InChI is InChI=1S/C18H17FN2OS2/c1-12(18(22)21-10-14-4-3-9-23-14)24-11-13-6-7-16(19)15-5-2-8-20-17(13)15/h2-9,12H,10-11H2,1H3,(H,21,22). The van der Waals surface area contributed by atoms with Gasteiger partial charge in [-0.1, -0.05) is 12.1 Å². The maximum atomic E-state index is 13.8. The highest BCUT2D eigenvalue weighted by Crippen LogP contribution is 2.25. The van der Waals surface area contributed by atoms with E-state index in [1.54, 1.807) is 35.7 Å². The summed E-state index contributed by atoms with van der Waals surface area (Å²) >= 11 is 3.15. The van der Waals surface area contributed by atoms with E-state index in [4.69, 9.17) is 0 Å². The molecule has 3 aromatic rings. The Morgan fingerprint density at radius 1 is 1.33 bits per heavy atom. The van der Waals surface area contributed by atoms with E-state index in [9.17, 15) is 9.18 Å². The SMILES string of the molecule is CC(SCc1ccc(F)c2cccnc12)C(=O)NCc1cccs1. The first kappa shape index (κ1) is 16.9. The van der Waals surface area contributed by atoms with E-state index in [2.05, 4.69) is 10.3 Å². The highest BCUT2D eigenvalue weighted by molar-refractivity contribution is 7.99. The van der Waals surface area contributed by atoms with Gasteiger partial charge in [-0.3, -0.25) is 9.78 Å². The maximum absolute atomic E-state index is 13.8. The lowest BCUT2D eigenvalue weighted by molar-refractivity contribution is -0.120. The van der Waals surface area contributed by atoms with Crippen LogP contribution in [0.3, 0.4) is 0 Å². The molecule has 0 saturated heterocycles. The van der Waals surface area contributed by atoms with Crippen molar-refractivity contribution in [1.82, 2.24) is 10.3 Å². The highest BCUT2D eigenvalue weighted by Gasteiger charge is 2.15. The predicted octanol–water partition coefficient (Wildman–Crippen LogP) is 4.37. The van der Waals surface area contributed by atoms with E-state index in [1.807, 2.05) is 24.4 Å². The number of hydrogen-bond donors (Lipinski definition) is 1. The lowest BCUT2D eigenvalue weighted by Gasteiger charge is -2.12. The Morgan fingerprint density at radius 2 is 2.21 bits per heavy atom. The summed E-state index contributed by atoms with van der Waals surface area (Å²) in [5, 5.41) is 5.27. The van der Waals surface area contributed by atoms with Gasteiger partial charge in [-0.25, -0.2) is 4.39 Å². The molecule has 0 spiro atoms. The first-order valence-electron chi connectivity index (χ1n) is 7.59. The topological polar surface area (TPSA) is 42.0 Å². The number of amides is 1. The minimum Gasteiger partial charge on any atom is -0.350 e. The van der Waals surface area contributed by atoms with Crippen molar-refractivity contribution in [2.24, 2.45) is 0 Å². The van der Waals surface area contributed by atoms with Gasteiger partial charge < -0.3 is 5.32 Å². The molecule has 1 unspecified atom stereocenters. The lowest BCUT2D eigenvalue weighted by atomic mass is 10.1. The van der Waals surface area contributed by atoms with Crippen molar-refractivity contribution in [3.63, 3.8) is 0 Å². The summed E-state index contributed by atoms with van der Waals surface area (Å²) in [5.74, 6) is 0.350. The zero-order chi connectivity index (χ0) is 16.9. The minimum absolute atomic E-state index is 0.00720. The molecule has 0 bridgehead atoms. The Hall–Kier alpha value is -1.92. The Balaban J connectivity index is 1.61. The third-order valence-electron chi connectivity index (χ3n) is 3.68. The van der Waals surface area contributed by atoms with E-state index < -0.39 is 0 Å². The number of nitrogens with zero attached hydrogens (tertiary/aromatic N) is 1. The number of nitrogens with one attached hydrogen (secondary N) is 1. The molecule has 3 nitrogen and oxygen atoms in total. The number of rotatable bonds is 6. The van der Waals surface area contributed by atoms with Gasteiger partial charge in [-0.2, -0.15) is 0 Å². The largest absolute Gasteiger partial charge is 0.350 e. The van der Waals surface area contributed by atoms with Crippen LogP contribution < -0.4 is 5.32 Å². The fourth-order valence-electron chi connectivity index (χ4n) is 2.33. The van der Waals surface area contributed by atoms with Crippen molar-refractivity contribution >= 4 is 39.9 Å². The predicted molar refractivity (Wildman–Crippen MR) is 98.6 cm³/mol. The molecule has 3 rings (SSSR count). The van der Waals surface area contributed by atoms with Crippen LogP contribution in [0, 0.1) is 5.82 Å². The Kier molecular flexibility index (Phi) is 5.48. The summed E-state index contributed by atoms with van der Waals surface area (Å²) < 4.78 is 13.8. The van der Waals surface area contributed by atoms with E-state index in [1.165, 1.54) is 17.8 Å². The molecule has 24 heavy (non-hydrogen) atoms. The Labute approximate surface area is 148 Å². The van der Waals surface area contributed by atoms with Crippen LogP contribution in [-0.2, 0) is 17.1 Å². The average Bonchev–Trinajstić information content (AvgIpc) is 3.12. The third kappa shape index (κ3) is 3.94. The third-order valence-corrected chi connectivity index (χ3v) is 5.74. The minimum atomic E-state index is -0.270. The second-order valence-corrected chi connectivity index (χ2v) is 7.72. The quantitative estimate of drug-likeness (QED) is 0.710.